The molecule has 1 amide bonds. The Hall–Kier alpha value is -1.82. The average molecular weight is 598 g/mol. The molecule has 1 aliphatic heterocycles. The molecule has 1 N–H and O–H groups in total. The lowest BCUT2D eigenvalue weighted by Crippen LogP contribution is -2.52. The molecule has 0 radical (unpaired) electrons. The first-order valence-electron chi connectivity index (χ1n) is 15.0. The zero-order valence-electron chi connectivity index (χ0n) is 26.7. The van der Waals surface area contributed by atoms with Crippen LogP contribution in [0.4, 0.5) is 0 Å². The van der Waals surface area contributed by atoms with Crippen molar-refractivity contribution >= 4 is 22.5 Å². The number of nitrogens with one attached hydrogen (secondary N) is 1. The van der Waals surface area contributed by atoms with Crippen LogP contribution in [0.3, 0.4) is 0 Å². The quantitative estimate of drug-likeness (QED) is 0.218. The highest BCUT2D eigenvalue weighted by molar-refractivity contribution is 6.74. The molecule has 2 fully saturated rings. The van der Waals surface area contributed by atoms with Gasteiger partial charge in [0, 0.05) is 5.92 Å². The number of amides is 1. The van der Waals surface area contributed by atoms with Crippen molar-refractivity contribution in [3.63, 3.8) is 0 Å². The second-order valence-electron chi connectivity index (χ2n) is 14.8. The molecule has 1 aliphatic carbocycles. The predicted octanol–water partition coefficient (Wildman–Crippen LogP) is 7.24. The lowest BCUT2D eigenvalue weighted by molar-refractivity contribution is -0.130. The van der Waals surface area contributed by atoms with Crippen molar-refractivity contribution in [1.82, 2.24) is 5.32 Å². The normalized spacial score (nSPS) is 25.5. The minimum Gasteiger partial charge on any atom is -0.411 e. The molecule has 0 bridgehead atoms. The largest absolute Gasteiger partial charge is 0.411 e. The average Bonchev–Trinajstić information content (AvgIpc) is 3.63. The molecule has 1 heterocycles. The molecule has 0 unspecified atom stereocenters. The topological polar surface area (TPSA) is 69.3 Å². The summed E-state index contributed by atoms with van der Waals surface area (Å²) in [5.41, 5.74) is 1.99. The molecule has 1 saturated carbocycles. The van der Waals surface area contributed by atoms with Gasteiger partial charge in [-0.15, -0.1) is 0 Å². The van der Waals surface area contributed by atoms with Gasteiger partial charge in [-0.3, -0.25) is 4.79 Å². The predicted molar refractivity (Wildman–Crippen MR) is 170 cm³/mol. The van der Waals surface area contributed by atoms with Gasteiger partial charge < -0.3 is 23.6 Å². The van der Waals surface area contributed by atoms with Crippen molar-refractivity contribution in [1.29, 1.82) is 0 Å². The summed E-state index contributed by atoms with van der Waals surface area (Å²) < 4.78 is 26.2. The fraction of sp³-hybridized carbons (Fsp3) is 0.606. The van der Waals surface area contributed by atoms with Crippen LogP contribution in [0.25, 0.3) is 0 Å². The zero-order chi connectivity index (χ0) is 30.2. The van der Waals surface area contributed by atoms with Crippen LogP contribution < -0.4 is 5.32 Å². The Balaban J connectivity index is 1.57. The van der Waals surface area contributed by atoms with E-state index in [1.54, 1.807) is 0 Å². The second kappa shape index (κ2) is 12.1. The first-order valence-corrected chi connectivity index (χ1v) is 20.8. The van der Waals surface area contributed by atoms with E-state index in [0.29, 0.717) is 13.2 Å². The fourth-order valence-corrected chi connectivity index (χ4v) is 7.47. The molecule has 6 atom stereocenters. The lowest BCUT2D eigenvalue weighted by Gasteiger charge is -2.41. The molecule has 41 heavy (non-hydrogen) atoms. The summed E-state index contributed by atoms with van der Waals surface area (Å²) >= 11 is 0. The van der Waals surface area contributed by atoms with E-state index in [1.165, 1.54) is 0 Å². The number of carbonyl (C=O) groups is 1. The number of benzene rings is 2. The van der Waals surface area contributed by atoms with Crippen molar-refractivity contribution in [2.45, 2.75) is 115 Å². The van der Waals surface area contributed by atoms with Gasteiger partial charge in [0.05, 0.1) is 25.4 Å². The molecule has 4 rings (SSSR count). The van der Waals surface area contributed by atoms with Gasteiger partial charge in [-0.05, 0) is 47.4 Å². The van der Waals surface area contributed by atoms with Gasteiger partial charge in [0.25, 0.3) is 5.91 Å². The third-order valence-corrected chi connectivity index (χ3v) is 18.6. The maximum Gasteiger partial charge on any atom is 0.252 e. The second-order valence-corrected chi connectivity index (χ2v) is 24.3. The number of hydrogen-bond donors (Lipinski definition) is 1. The van der Waals surface area contributed by atoms with Gasteiger partial charge in [-0.1, -0.05) is 102 Å². The van der Waals surface area contributed by atoms with Gasteiger partial charge in [0.15, 0.2) is 16.6 Å². The van der Waals surface area contributed by atoms with Crippen LogP contribution in [-0.4, -0.2) is 53.5 Å². The summed E-state index contributed by atoms with van der Waals surface area (Å²) in [6, 6.07) is 19.8. The van der Waals surface area contributed by atoms with Crippen LogP contribution in [0.15, 0.2) is 60.7 Å². The molecule has 0 spiro atoms. The van der Waals surface area contributed by atoms with E-state index in [0.717, 1.165) is 11.1 Å². The number of rotatable bonds is 11. The molecule has 2 aliphatic rings. The van der Waals surface area contributed by atoms with Crippen LogP contribution in [0, 0.1) is 5.92 Å². The van der Waals surface area contributed by atoms with E-state index in [1.807, 2.05) is 48.5 Å². The Morgan fingerprint density at radius 1 is 0.854 bits per heavy atom. The Kier molecular flexibility index (Phi) is 9.44. The van der Waals surface area contributed by atoms with E-state index in [9.17, 15) is 4.79 Å². The maximum atomic E-state index is 14.1. The maximum absolute atomic E-state index is 14.1. The molecule has 2 aromatic carbocycles. The Bertz CT molecular complexity index is 1160. The molecule has 6 nitrogen and oxygen atoms in total. The van der Waals surface area contributed by atoms with Crippen molar-refractivity contribution < 1.29 is 23.1 Å². The van der Waals surface area contributed by atoms with Crippen molar-refractivity contribution in [2.24, 2.45) is 5.92 Å². The summed E-state index contributed by atoms with van der Waals surface area (Å²) in [6.45, 7) is 23.3. The number of fused-ring (bicyclic) bond motifs is 1. The molecule has 2 aromatic rings. The molecule has 0 aromatic heterocycles. The van der Waals surface area contributed by atoms with Crippen LogP contribution in [0.1, 0.15) is 58.8 Å². The number of carbonyl (C=O) groups excluding carboxylic acids is 1. The van der Waals surface area contributed by atoms with Gasteiger partial charge in [0.1, 0.15) is 18.3 Å². The molecular formula is C33H51NO5Si2. The summed E-state index contributed by atoms with van der Waals surface area (Å²) in [6.07, 6.45) is -0.932. The standard InChI is InChI=1S/C33H51NO5Si2/c1-32(2,3)40(7,8)38-27(24-19-15-12-16-20-24)31(35)34-26-25(22-36-21-23-17-13-11-14-18-23)28(30-29(26)37-30)39-41(9,10)33(4,5)6/h11-20,25-30H,21-22H2,1-10H3,(H,34,35)/t25-,26-,27-,28+,29-,30+/m0/s1. The molecule has 1 saturated heterocycles. The van der Waals surface area contributed by atoms with E-state index in [-0.39, 0.29) is 46.3 Å². The summed E-state index contributed by atoms with van der Waals surface area (Å²) in [7, 11) is -4.35. The van der Waals surface area contributed by atoms with E-state index in [4.69, 9.17) is 18.3 Å². The Morgan fingerprint density at radius 2 is 1.41 bits per heavy atom. The van der Waals surface area contributed by atoms with Crippen LogP contribution in [0.2, 0.25) is 36.3 Å². The monoisotopic (exact) mass is 597 g/mol. The van der Waals surface area contributed by atoms with Gasteiger partial charge in [-0.2, -0.15) is 0 Å². The molecular weight excluding hydrogens is 547 g/mol. The van der Waals surface area contributed by atoms with Crippen molar-refractivity contribution in [3.8, 4) is 0 Å². The van der Waals surface area contributed by atoms with Gasteiger partial charge in [0.2, 0.25) is 0 Å². The number of epoxide rings is 1. The minimum absolute atomic E-state index is 0.0233. The highest BCUT2D eigenvalue weighted by Crippen LogP contribution is 2.49. The van der Waals surface area contributed by atoms with Crippen LogP contribution >= 0.6 is 0 Å². The van der Waals surface area contributed by atoms with Gasteiger partial charge >= 0.3 is 0 Å². The Morgan fingerprint density at radius 3 is 1.98 bits per heavy atom. The minimum atomic E-state index is -2.25. The summed E-state index contributed by atoms with van der Waals surface area (Å²) in [4.78, 5) is 14.1. The first-order chi connectivity index (χ1) is 19.0. The first kappa shape index (κ1) is 32.1. The summed E-state index contributed by atoms with van der Waals surface area (Å²) in [5.74, 6) is -0.147. The van der Waals surface area contributed by atoms with Crippen molar-refractivity contribution in [2.75, 3.05) is 6.61 Å². The fourth-order valence-electron chi connectivity index (χ4n) is 4.94. The Labute approximate surface area is 249 Å². The molecule has 226 valence electrons. The lowest BCUT2D eigenvalue weighted by atomic mass is 10.0. The number of hydrogen-bond acceptors (Lipinski definition) is 5. The van der Waals surface area contributed by atoms with Gasteiger partial charge in [-0.25, -0.2) is 0 Å². The van der Waals surface area contributed by atoms with E-state index in [2.05, 4.69) is 85.2 Å². The number of ether oxygens (including phenoxy) is 2. The third-order valence-electron chi connectivity index (χ3n) is 9.65. The highest BCUT2D eigenvalue weighted by Gasteiger charge is 2.64. The third kappa shape index (κ3) is 7.40. The van der Waals surface area contributed by atoms with Crippen LogP contribution in [-0.2, 0) is 29.7 Å². The van der Waals surface area contributed by atoms with Crippen molar-refractivity contribution in [3.05, 3.63) is 71.8 Å². The zero-order valence-corrected chi connectivity index (χ0v) is 28.7. The van der Waals surface area contributed by atoms with Crippen LogP contribution in [0.5, 0.6) is 0 Å². The molecule has 8 heteroatoms. The summed E-state index contributed by atoms with van der Waals surface area (Å²) in [5, 5.41) is 3.41. The smallest absolute Gasteiger partial charge is 0.252 e. The highest BCUT2D eigenvalue weighted by atomic mass is 28.4. The SMILES string of the molecule is CC(C)(C)[Si](C)(C)O[C@@H]1[C@@H](COCc2ccccc2)[C@H](NC(=O)[C@@H](O[Si](C)(C)C(C)(C)C)c2ccccc2)[C@@H]2O[C@H]12. The van der Waals surface area contributed by atoms with E-state index < -0.39 is 22.7 Å². The van der Waals surface area contributed by atoms with E-state index >= 15 is 0 Å².